The molecule has 4 nitrogen and oxygen atoms in total. The van der Waals surface area contributed by atoms with E-state index in [0.717, 1.165) is 23.2 Å². The lowest BCUT2D eigenvalue weighted by Gasteiger charge is -2.21. The molecule has 2 atom stereocenters. The van der Waals surface area contributed by atoms with E-state index in [0.29, 0.717) is 26.2 Å². The highest BCUT2D eigenvalue weighted by Gasteiger charge is 2.17. The van der Waals surface area contributed by atoms with Crippen molar-refractivity contribution in [3.05, 3.63) is 65.7 Å². The second-order valence-electron chi connectivity index (χ2n) is 6.02. The van der Waals surface area contributed by atoms with E-state index in [1.807, 2.05) is 61.5 Å². The largest absolute Gasteiger partial charge is 0.497 e. The highest BCUT2D eigenvalue weighted by molar-refractivity contribution is 5.53. The van der Waals surface area contributed by atoms with Crippen molar-refractivity contribution in [2.45, 2.75) is 32.7 Å². The minimum absolute atomic E-state index is 0.145. The van der Waals surface area contributed by atoms with Crippen LogP contribution in [0.2, 0.25) is 0 Å². The summed E-state index contributed by atoms with van der Waals surface area (Å²) in [6, 6.07) is 17.8. The fraction of sp³-hybridized carbons (Fsp3) is 0.381. The molecule has 0 aliphatic heterocycles. The Morgan fingerprint density at radius 3 is 2.28 bits per heavy atom. The van der Waals surface area contributed by atoms with Crippen LogP contribution in [-0.2, 0) is 27.5 Å². The van der Waals surface area contributed by atoms with Gasteiger partial charge < -0.3 is 19.0 Å². The first-order chi connectivity index (χ1) is 12.2. The number of rotatable bonds is 11. The van der Waals surface area contributed by atoms with Gasteiger partial charge in [-0.1, -0.05) is 49.4 Å². The average molecular weight is 342 g/mol. The van der Waals surface area contributed by atoms with E-state index >= 15 is 0 Å². The summed E-state index contributed by atoms with van der Waals surface area (Å²) in [5, 5.41) is 0. The predicted molar refractivity (Wildman–Crippen MR) is 97.5 cm³/mol. The Morgan fingerprint density at radius 2 is 1.64 bits per heavy atom. The highest BCUT2D eigenvalue weighted by atomic mass is 16.5. The van der Waals surface area contributed by atoms with Crippen LogP contribution in [0.4, 0.5) is 0 Å². The van der Waals surface area contributed by atoms with Crippen LogP contribution in [0.5, 0.6) is 5.75 Å². The zero-order chi connectivity index (χ0) is 17.9. The van der Waals surface area contributed by atoms with E-state index in [2.05, 4.69) is 0 Å². The summed E-state index contributed by atoms with van der Waals surface area (Å²) in [7, 11) is 1.65. The van der Waals surface area contributed by atoms with Gasteiger partial charge in [0.2, 0.25) is 0 Å². The third kappa shape index (κ3) is 6.69. The molecule has 0 radical (unpaired) electrons. The Hall–Kier alpha value is -2.17. The maximum atomic E-state index is 11.1. The van der Waals surface area contributed by atoms with Gasteiger partial charge in [-0.3, -0.25) is 0 Å². The van der Waals surface area contributed by atoms with Gasteiger partial charge in [-0.05, 0) is 29.7 Å². The molecule has 0 aliphatic carbocycles. The predicted octanol–water partition coefficient (Wildman–Crippen LogP) is 4.02. The van der Waals surface area contributed by atoms with Gasteiger partial charge in [-0.2, -0.15) is 0 Å². The fourth-order valence-corrected chi connectivity index (χ4v) is 2.47. The van der Waals surface area contributed by atoms with Gasteiger partial charge in [-0.25, -0.2) is 0 Å². The highest BCUT2D eigenvalue weighted by Crippen LogP contribution is 2.15. The van der Waals surface area contributed by atoms with Gasteiger partial charge in [0.25, 0.3) is 0 Å². The Bertz CT molecular complexity index is 610. The topological polar surface area (TPSA) is 44.8 Å². The lowest BCUT2D eigenvalue weighted by molar-refractivity contribution is -0.116. The maximum absolute atomic E-state index is 11.1. The molecule has 4 heteroatoms. The molecule has 0 aromatic heterocycles. The number of ether oxygens (including phenoxy) is 3. The minimum Gasteiger partial charge on any atom is -0.497 e. The van der Waals surface area contributed by atoms with Crippen molar-refractivity contribution < 1.29 is 19.0 Å². The van der Waals surface area contributed by atoms with Crippen molar-refractivity contribution in [2.24, 2.45) is 5.92 Å². The zero-order valence-corrected chi connectivity index (χ0v) is 14.9. The number of carbonyl (C=O) groups is 1. The molecule has 0 saturated heterocycles. The molecule has 2 rings (SSSR count). The molecule has 2 aromatic rings. The van der Waals surface area contributed by atoms with Gasteiger partial charge in [0.1, 0.15) is 12.0 Å². The van der Waals surface area contributed by atoms with E-state index in [1.165, 1.54) is 0 Å². The second-order valence-corrected chi connectivity index (χ2v) is 6.02. The first-order valence-electron chi connectivity index (χ1n) is 8.54. The third-order valence-electron chi connectivity index (χ3n) is 4.08. The van der Waals surface area contributed by atoms with E-state index in [-0.39, 0.29) is 12.0 Å². The van der Waals surface area contributed by atoms with E-state index < -0.39 is 0 Å². The van der Waals surface area contributed by atoms with E-state index in [1.54, 1.807) is 7.11 Å². The smallest absolute Gasteiger partial charge is 0.125 e. The van der Waals surface area contributed by atoms with Gasteiger partial charge in [-0.15, -0.1) is 0 Å². The second kappa shape index (κ2) is 10.6. The molecule has 0 fully saturated rings. The molecule has 134 valence electrons. The Labute approximate surface area is 149 Å². The first kappa shape index (κ1) is 19.2. The summed E-state index contributed by atoms with van der Waals surface area (Å²) >= 11 is 0. The molecule has 0 saturated carbocycles. The van der Waals surface area contributed by atoms with Crippen molar-refractivity contribution in [1.82, 2.24) is 0 Å². The van der Waals surface area contributed by atoms with Crippen LogP contribution in [0.1, 0.15) is 24.5 Å². The molecular formula is C21H26O4. The number of hydrogen-bond donors (Lipinski definition) is 0. The quantitative estimate of drug-likeness (QED) is 0.457. The molecule has 2 aromatic carbocycles. The van der Waals surface area contributed by atoms with Crippen molar-refractivity contribution in [1.29, 1.82) is 0 Å². The first-order valence-corrected chi connectivity index (χ1v) is 8.54. The molecule has 0 amide bonds. The molecule has 0 N–H and O–H groups in total. The molecular weight excluding hydrogens is 316 g/mol. The number of hydrogen-bond acceptors (Lipinski definition) is 4. The standard InChI is InChI=1S/C21H26O4/c1-17(14-22)21(25-16-18-6-4-3-5-7-18)12-13-24-15-19-8-10-20(23-2)11-9-19/h3-11,14,17,21H,12-13,15-16H2,1-2H3/t17-,21+/m1/s1. The normalized spacial score (nSPS) is 13.2. The van der Waals surface area contributed by atoms with Gasteiger partial charge in [0.15, 0.2) is 0 Å². The van der Waals surface area contributed by atoms with E-state index in [4.69, 9.17) is 14.2 Å². The van der Waals surface area contributed by atoms with Crippen LogP contribution >= 0.6 is 0 Å². The number of carbonyl (C=O) groups excluding carboxylic acids is 1. The van der Waals surface area contributed by atoms with Crippen molar-refractivity contribution in [3.63, 3.8) is 0 Å². The lowest BCUT2D eigenvalue weighted by Crippen LogP contribution is -2.24. The summed E-state index contributed by atoms with van der Waals surface area (Å²) in [6.45, 7) is 3.46. The Morgan fingerprint density at radius 1 is 0.960 bits per heavy atom. The summed E-state index contributed by atoms with van der Waals surface area (Å²) < 4.78 is 16.8. The van der Waals surface area contributed by atoms with Crippen LogP contribution in [0.3, 0.4) is 0 Å². The van der Waals surface area contributed by atoms with Gasteiger partial charge in [0, 0.05) is 12.5 Å². The Kier molecular flexibility index (Phi) is 8.16. The van der Waals surface area contributed by atoms with Crippen molar-refractivity contribution in [3.8, 4) is 5.75 Å². The number of methoxy groups -OCH3 is 1. The van der Waals surface area contributed by atoms with Gasteiger partial charge in [0.05, 0.1) is 26.4 Å². The SMILES string of the molecule is COc1ccc(COCC[C@H](OCc2ccccc2)[C@H](C)C=O)cc1. The summed E-state index contributed by atoms with van der Waals surface area (Å²) in [4.78, 5) is 11.1. The fourth-order valence-electron chi connectivity index (χ4n) is 2.47. The van der Waals surface area contributed by atoms with Crippen molar-refractivity contribution >= 4 is 6.29 Å². The summed E-state index contributed by atoms with van der Waals surface area (Å²) in [5.41, 5.74) is 2.19. The van der Waals surface area contributed by atoms with Crippen LogP contribution in [0, 0.1) is 5.92 Å². The zero-order valence-electron chi connectivity index (χ0n) is 14.9. The molecule has 25 heavy (non-hydrogen) atoms. The van der Waals surface area contributed by atoms with Crippen LogP contribution in [0.15, 0.2) is 54.6 Å². The van der Waals surface area contributed by atoms with Crippen LogP contribution in [0.25, 0.3) is 0 Å². The monoisotopic (exact) mass is 342 g/mol. The van der Waals surface area contributed by atoms with Crippen LogP contribution in [-0.4, -0.2) is 26.1 Å². The minimum atomic E-state index is -0.159. The molecule has 0 bridgehead atoms. The lowest BCUT2D eigenvalue weighted by atomic mass is 10.0. The molecule has 0 spiro atoms. The number of aldehydes is 1. The average Bonchev–Trinajstić information content (AvgIpc) is 2.68. The third-order valence-corrected chi connectivity index (χ3v) is 4.08. The van der Waals surface area contributed by atoms with Crippen molar-refractivity contribution in [2.75, 3.05) is 13.7 Å². The Balaban J connectivity index is 1.76. The van der Waals surface area contributed by atoms with Crippen LogP contribution < -0.4 is 4.74 Å². The molecule has 0 aliphatic rings. The summed E-state index contributed by atoms with van der Waals surface area (Å²) in [6.07, 6.45) is 1.48. The molecule has 0 heterocycles. The van der Waals surface area contributed by atoms with Gasteiger partial charge >= 0.3 is 0 Å². The molecule has 0 unspecified atom stereocenters. The summed E-state index contributed by atoms with van der Waals surface area (Å²) in [5.74, 6) is 0.672. The number of benzene rings is 2. The van der Waals surface area contributed by atoms with E-state index in [9.17, 15) is 4.79 Å². The maximum Gasteiger partial charge on any atom is 0.125 e.